The Bertz CT molecular complexity index is 1210. The molecule has 0 aliphatic carbocycles. The topological polar surface area (TPSA) is 203 Å². The summed E-state index contributed by atoms with van der Waals surface area (Å²) in [4.78, 5) is 40.6. The van der Waals surface area contributed by atoms with E-state index in [4.69, 9.17) is 20.8 Å². The lowest BCUT2D eigenvalue weighted by Crippen LogP contribution is -2.23. The van der Waals surface area contributed by atoms with Gasteiger partial charge in [-0.1, -0.05) is 12.1 Å². The molecule has 0 heterocycles. The summed E-state index contributed by atoms with van der Waals surface area (Å²) >= 11 is 0. The summed E-state index contributed by atoms with van der Waals surface area (Å²) in [6.45, 7) is 0. The third-order valence-corrected chi connectivity index (χ3v) is 3.91. The Morgan fingerprint density at radius 2 is 1.54 bits per heavy atom. The summed E-state index contributed by atoms with van der Waals surface area (Å²) in [6, 6.07) is 12.5. The van der Waals surface area contributed by atoms with Crippen molar-refractivity contribution in [1.29, 1.82) is 0 Å². The molecule has 13 heteroatoms. The van der Waals surface area contributed by atoms with E-state index in [2.05, 4.69) is 4.99 Å². The van der Waals surface area contributed by atoms with Crippen molar-refractivity contribution in [1.82, 2.24) is 4.90 Å². The molecule has 0 spiro atoms. The van der Waals surface area contributed by atoms with Gasteiger partial charge in [-0.15, -0.1) is 0 Å². The van der Waals surface area contributed by atoms with E-state index in [0.29, 0.717) is 23.1 Å². The summed E-state index contributed by atoms with van der Waals surface area (Å²) in [5.41, 5.74) is 11.9. The molecular weight excluding hydrogens is 480 g/mol. The van der Waals surface area contributed by atoms with Gasteiger partial charge in [0, 0.05) is 19.7 Å². The molecule has 0 fully saturated rings. The molecule has 2 aromatic rings. The number of carboxylic acid groups (broad SMARTS) is 1. The molecule has 0 saturated carbocycles. The molecule has 0 aliphatic rings. The Labute approximate surface area is 202 Å². The second-order valence-electron chi connectivity index (χ2n) is 7.21. The number of carboxylic acids is 1. The fourth-order valence-electron chi connectivity index (χ4n) is 2.33. The van der Waals surface area contributed by atoms with Crippen LogP contribution in [0, 0.1) is 0 Å². The van der Waals surface area contributed by atoms with E-state index in [1.165, 1.54) is 35.2 Å². The Hall–Kier alpha value is -4.23. The van der Waals surface area contributed by atoms with E-state index >= 15 is 0 Å². The van der Waals surface area contributed by atoms with Gasteiger partial charge in [-0.2, -0.15) is 8.42 Å². The summed E-state index contributed by atoms with van der Waals surface area (Å²) in [5, 5.41) is 9.30. The second-order valence-corrected chi connectivity index (χ2v) is 8.68. The number of carbonyl (C=O) groups is 3. The van der Waals surface area contributed by atoms with Crippen molar-refractivity contribution in [2.24, 2.45) is 16.5 Å². The number of ether oxygens (including phenoxy) is 1. The molecular formula is C22H26N4O8S. The third-order valence-electron chi connectivity index (χ3n) is 3.91. The molecule has 0 atom stereocenters. The minimum Gasteiger partial charge on any atom is -0.478 e. The third kappa shape index (κ3) is 12.0. The lowest BCUT2D eigenvalue weighted by molar-refractivity contribution is -0.135. The molecule has 6 N–H and O–H groups in total. The largest absolute Gasteiger partial charge is 0.478 e. The van der Waals surface area contributed by atoms with Crippen LogP contribution in [0.4, 0.5) is 5.69 Å². The van der Waals surface area contributed by atoms with E-state index in [1.807, 2.05) is 0 Å². The number of hydrogen-bond donors (Lipinski definition) is 4. The number of aliphatic imine (C=N–C) groups is 1. The van der Waals surface area contributed by atoms with Crippen molar-refractivity contribution in [3.63, 3.8) is 0 Å². The van der Waals surface area contributed by atoms with Gasteiger partial charge in [-0.05, 0) is 48.0 Å². The van der Waals surface area contributed by atoms with E-state index in [9.17, 15) is 27.9 Å². The van der Waals surface area contributed by atoms with Gasteiger partial charge < -0.3 is 26.2 Å². The molecule has 0 aliphatic heterocycles. The van der Waals surface area contributed by atoms with Gasteiger partial charge in [-0.3, -0.25) is 9.35 Å². The van der Waals surface area contributed by atoms with Crippen LogP contribution < -0.4 is 16.2 Å². The predicted octanol–water partition coefficient (Wildman–Crippen LogP) is 1.26. The van der Waals surface area contributed by atoms with Gasteiger partial charge >= 0.3 is 11.9 Å². The highest BCUT2D eigenvalue weighted by Gasteiger charge is 2.14. The highest BCUT2D eigenvalue weighted by molar-refractivity contribution is 7.85. The van der Waals surface area contributed by atoms with Crippen molar-refractivity contribution >= 4 is 45.7 Å². The number of hydrogen-bond acceptors (Lipinski definition) is 7. The highest BCUT2D eigenvalue weighted by atomic mass is 32.2. The molecule has 0 aromatic heterocycles. The zero-order valence-corrected chi connectivity index (χ0v) is 20.0. The van der Waals surface area contributed by atoms with Crippen LogP contribution in [0.15, 0.2) is 59.1 Å². The van der Waals surface area contributed by atoms with Crippen LogP contribution in [-0.4, -0.2) is 67.1 Å². The molecule has 2 rings (SSSR count). The van der Waals surface area contributed by atoms with Crippen LogP contribution in [0.5, 0.6) is 5.75 Å². The molecule has 0 bridgehead atoms. The van der Waals surface area contributed by atoms with Crippen LogP contribution in [0.1, 0.15) is 22.3 Å². The average Bonchev–Trinajstić information content (AvgIpc) is 2.73. The number of guanidine groups is 1. The molecule has 0 saturated heterocycles. The fraction of sp³-hybridized carbons (Fsp3) is 0.182. The monoisotopic (exact) mass is 506 g/mol. The van der Waals surface area contributed by atoms with Crippen molar-refractivity contribution in [2.45, 2.75) is 6.42 Å². The zero-order chi connectivity index (χ0) is 26.8. The first-order chi connectivity index (χ1) is 16.2. The highest BCUT2D eigenvalue weighted by Crippen LogP contribution is 2.19. The molecule has 12 nitrogen and oxygen atoms in total. The smallest absolute Gasteiger partial charge is 0.343 e. The van der Waals surface area contributed by atoms with E-state index in [-0.39, 0.29) is 29.6 Å². The zero-order valence-electron chi connectivity index (χ0n) is 19.2. The number of benzene rings is 2. The maximum absolute atomic E-state index is 12.2. The van der Waals surface area contributed by atoms with Crippen LogP contribution in [-0.2, 0) is 19.7 Å². The first-order valence-corrected chi connectivity index (χ1v) is 11.6. The standard InChI is InChI=1S/C21H22N4O5.CH4O3S/c1-25(2)18(26)12-15(19(27)28)11-13-3-9-17(10-4-13)30-20(29)14-5-7-16(8-6-14)24-21(22)23;1-5(2,3)4/h3-11H,12H2,1-2H3,(H,27,28)(H4,22,23,24);1H3,(H,2,3,4). The van der Waals surface area contributed by atoms with Gasteiger partial charge in [0.25, 0.3) is 10.1 Å². The number of nitrogens with zero attached hydrogens (tertiary/aromatic N) is 2. The number of carbonyl (C=O) groups excluding carboxylic acids is 2. The summed E-state index contributed by atoms with van der Waals surface area (Å²) in [6.07, 6.45) is 1.89. The van der Waals surface area contributed by atoms with Crippen LogP contribution in [0.3, 0.4) is 0 Å². The van der Waals surface area contributed by atoms with Gasteiger partial charge in [0.1, 0.15) is 5.75 Å². The molecule has 0 radical (unpaired) electrons. The molecule has 1 amide bonds. The van der Waals surface area contributed by atoms with E-state index in [1.54, 1.807) is 38.4 Å². The van der Waals surface area contributed by atoms with E-state index in [0.717, 1.165) is 0 Å². The van der Waals surface area contributed by atoms with E-state index < -0.39 is 22.1 Å². The van der Waals surface area contributed by atoms with Crippen LogP contribution in [0.25, 0.3) is 6.08 Å². The summed E-state index contributed by atoms with van der Waals surface area (Å²) in [5.74, 6) is -1.87. The quantitative estimate of drug-likeness (QED) is 0.106. The molecule has 0 unspecified atom stereocenters. The minimum absolute atomic E-state index is 0.0423. The normalized spacial score (nSPS) is 10.9. The predicted molar refractivity (Wildman–Crippen MR) is 130 cm³/mol. The van der Waals surface area contributed by atoms with Gasteiger partial charge in [-0.25, -0.2) is 14.6 Å². The van der Waals surface area contributed by atoms with Gasteiger partial charge in [0.15, 0.2) is 5.96 Å². The fourth-order valence-corrected chi connectivity index (χ4v) is 2.33. The van der Waals surface area contributed by atoms with Crippen LogP contribution >= 0.6 is 0 Å². The minimum atomic E-state index is -3.67. The lowest BCUT2D eigenvalue weighted by atomic mass is 10.1. The molecule has 2 aromatic carbocycles. The van der Waals surface area contributed by atoms with Crippen LogP contribution in [0.2, 0.25) is 0 Å². The van der Waals surface area contributed by atoms with Crippen molar-refractivity contribution in [3.05, 3.63) is 65.2 Å². The Morgan fingerprint density at radius 3 is 1.97 bits per heavy atom. The maximum atomic E-state index is 12.2. The lowest BCUT2D eigenvalue weighted by Gasteiger charge is -2.10. The first-order valence-electron chi connectivity index (χ1n) is 9.74. The number of esters is 1. The van der Waals surface area contributed by atoms with Gasteiger partial charge in [0.2, 0.25) is 5.91 Å². The summed E-state index contributed by atoms with van der Waals surface area (Å²) < 4.78 is 31.2. The Balaban J connectivity index is 0.00000111. The summed E-state index contributed by atoms with van der Waals surface area (Å²) in [7, 11) is -0.557. The average molecular weight is 507 g/mol. The molecule has 35 heavy (non-hydrogen) atoms. The second kappa shape index (κ2) is 12.9. The van der Waals surface area contributed by atoms with Crippen molar-refractivity contribution < 1.29 is 37.2 Å². The number of rotatable bonds is 7. The van der Waals surface area contributed by atoms with Crippen molar-refractivity contribution in [3.8, 4) is 5.75 Å². The Morgan fingerprint density at radius 1 is 1.03 bits per heavy atom. The van der Waals surface area contributed by atoms with Gasteiger partial charge in [0.05, 0.1) is 23.9 Å². The SMILES string of the molecule is CN(C)C(=O)CC(=Cc1ccc(OC(=O)c2ccc(N=C(N)N)cc2)cc1)C(=O)O.CS(=O)(=O)O. The first kappa shape index (κ1) is 28.8. The Kier molecular flexibility index (Phi) is 10.6. The number of nitrogens with two attached hydrogens (primary N) is 2. The maximum Gasteiger partial charge on any atom is 0.343 e. The molecule has 188 valence electrons. The number of aliphatic carboxylic acids is 1. The number of amides is 1. The van der Waals surface area contributed by atoms with Crippen molar-refractivity contribution in [2.75, 3.05) is 20.4 Å².